The Morgan fingerprint density at radius 2 is 0.733 bits per heavy atom. The van der Waals surface area contributed by atoms with Crippen LogP contribution < -0.4 is 9.80 Å². The van der Waals surface area contributed by atoms with Gasteiger partial charge in [-0.2, -0.15) is 0 Å². The fraction of sp³-hybridized carbons (Fsp3) is 0. The summed E-state index contributed by atoms with van der Waals surface area (Å²) in [6, 6.07) is 33.3. The van der Waals surface area contributed by atoms with Gasteiger partial charge in [0.1, 0.15) is 0 Å². The first-order chi connectivity index (χ1) is 14.8. The second-order valence-corrected chi connectivity index (χ2v) is 6.99. The molecule has 0 saturated heterocycles. The highest BCUT2D eigenvalue weighted by Crippen LogP contribution is 2.39. The molecule has 0 radical (unpaired) electrons. The van der Waals surface area contributed by atoms with E-state index in [4.69, 9.17) is 0 Å². The number of fused-ring (bicyclic) bond motifs is 2. The fourth-order valence-corrected chi connectivity index (χ4v) is 3.83. The molecule has 0 atom stereocenters. The van der Waals surface area contributed by atoms with E-state index in [1.807, 2.05) is 97.1 Å². The molecule has 4 aromatic carbocycles. The molecule has 0 saturated carbocycles. The molecular formula is C26H18N2O2. The molecule has 0 fully saturated rings. The number of para-hydroxylation sites is 4. The number of nitrogens with zero attached hydrogens (tertiary/aromatic N) is 2. The zero-order valence-electron chi connectivity index (χ0n) is 16.1. The van der Waals surface area contributed by atoms with Crippen molar-refractivity contribution in [3.63, 3.8) is 0 Å². The Labute approximate surface area is 174 Å². The Bertz CT molecular complexity index is 1140. The van der Waals surface area contributed by atoms with Crippen LogP contribution in [0.4, 0.5) is 22.7 Å². The first-order valence-electron chi connectivity index (χ1n) is 9.73. The molecule has 144 valence electrons. The van der Waals surface area contributed by atoms with Crippen molar-refractivity contribution in [1.82, 2.24) is 0 Å². The van der Waals surface area contributed by atoms with Crippen LogP contribution in [0.1, 0.15) is 20.7 Å². The Hall–Kier alpha value is -4.18. The van der Waals surface area contributed by atoms with Crippen molar-refractivity contribution in [3.8, 4) is 0 Å². The smallest absolute Gasteiger partial charge is 0.264 e. The summed E-state index contributed by atoms with van der Waals surface area (Å²) in [5.41, 5.74) is 3.49. The molecule has 2 amide bonds. The number of carbonyl (C=O) groups is 2. The van der Waals surface area contributed by atoms with Crippen LogP contribution in [0.5, 0.6) is 0 Å². The third-order valence-electron chi connectivity index (χ3n) is 5.19. The first-order valence-corrected chi connectivity index (χ1v) is 9.73. The minimum absolute atomic E-state index is 0.183. The Balaban J connectivity index is 1.82. The summed E-state index contributed by atoms with van der Waals surface area (Å²) in [5.74, 6) is -0.365. The summed E-state index contributed by atoms with van der Waals surface area (Å²) in [6.07, 6.45) is 0. The van der Waals surface area contributed by atoms with E-state index in [0.29, 0.717) is 33.9 Å². The molecule has 4 aromatic rings. The lowest BCUT2D eigenvalue weighted by Crippen LogP contribution is -2.36. The molecule has 30 heavy (non-hydrogen) atoms. The van der Waals surface area contributed by atoms with Crippen LogP contribution in [0.3, 0.4) is 0 Å². The van der Waals surface area contributed by atoms with Crippen molar-refractivity contribution in [2.75, 3.05) is 9.80 Å². The Morgan fingerprint density at radius 1 is 0.400 bits per heavy atom. The topological polar surface area (TPSA) is 40.6 Å². The van der Waals surface area contributed by atoms with Crippen molar-refractivity contribution in [2.45, 2.75) is 0 Å². The zero-order chi connectivity index (χ0) is 20.5. The zero-order valence-corrected chi connectivity index (χ0v) is 16.1. The third kappa shape index (κ3) is 2.86. The van der Waals surface area contributed by atoms with Gasteiger partial charge in [0.05, 0.1) is 22.5 Å². The van der Waals surface area contributed by atoms with Crippen LogP contribution in [0.15, 0.2) is 109 Å². The van der Waals surface area contributed by atoms with Crippen molar-refractivity contribution < 1.29 is 9.59 Å². The molecule has 0 spiro atoms. The number of rotatable bonds is 2. The molecule has 1 heterocycles. The molecule has 0 unspecified atom stereocenters. The number of anilines is 4. The molecule has 0 bridgehead atoms. The van der Waals surface area contributed by atoms with Gasteiger partial charge in [-0.1, -0.05) is 60.7 Å². The van der Waals surface area contributed by atoms with Crippen LogP contribution in [0, 0.1) is 0 Å². The van der Waals surface area contributed by atoms with Gasteiger partial charge in [-0.15, -0.1) is 0 Å². The highest BCUT2D eigenvalue weighted by Gasteiger charge is 2.33. The summed E-state index contributed by atoms with van der Waals surface area (Å²) >= 11 is 0. The molecule has 4 heteroatoms. The lowest BCUT2D eigenvalue weighted by molar-refractivity contribution is 0.0988. The number of benzene rings is 4. The molecule has 4 nitrogen and oxygen atoms in total. The first kappa shape index (κ1) is 17.9. The third-order valence-corrected chi connectivity index (χ3v) is 5.19. The SMILES string of the molecule is O=C1c2ccccc2N(c2ccccc2)C(=O)c2ccccc2N1c1ccccc1. The van der Waals surface area contributed by atoms with Gasteiger partial charge in [-0.25, -0.2) is 0 Å². The van der Waals surface area contributed by atoms with Gasteiger partial charge in [0.25, 0.3) is 11.8 Å². The average molecular weight is 390 g/mol. The monoisotopic (exact) mass is 390 g/mol. The van der Waals surface area contributed by atoms with Gasteiger partial charge in [0.2, 0.25) is 0 Å². The summed E-state index contributed by atoms with van der Waals surface area (Å²) in [6.45, 7) is 0. The summed E-state index contributed by atoms with van der Waals surface area (Å²) in [7, 11) is 0. The largest absolute Gasteiger partial charge is 0.276 e. The standard InChI is InChI=1S/C26H18N2O2/c29-25-22-16-8-10-18-24(22)28(20-13-5-2-6-14-20)26(30)21-15-7-9-17-23(21)27(25)19-11-3-1-4-12-19/h1-18H. The molecule has 0 aliphatic carbocycles. The molecular weight excluding hydrogens is 372 g/mol. The van der Waals surface area contributed by atoms with Crippen molar-refractivity contribution in [1.29, 1.82) is 0 Å². The van der Waals surface area contributed by atoms with E-state index in [1.165, 1.54) is 0 Å². The average Bonchev–Trinajstić information content (AvgIpc) is 2.81. The minimum atomic E-state index is -0.183. The summed E-state index contributed by atoms with van der Waals surface area (Å²) < 4.78 is 0. The Kier molecular flexibility index (Phi) is 4.37. The number of carbonyl (C=O) groups excluding carboxylic acids is 2. The van der Waals surface area contributed by atoms with E-state index >= 15 is 0 Å². The van der Waals surface area contributed by atoms with Gasteiger partial charge in [-0.3, -0.25) is 19.4 Å². The predicted octanol–water partition coefficient (Wildman–Crippen LogP) is 5.96. The number of hydrogen-bond acceptors (Lipinski definition) is 2. The van der Waals surface area contributed by atoms with Crippen molar-refractivity contribution in [2.24, 2.45) is 0 Å². The van der Waals surface area contributed by atoms with Crippen molar-refractivity contribution in [3.05, 3.63) is 120 Å². The van der Waals surface area contributed by atoms with E-state index in [1.54, 1.807) is 21.9 Å². The highest BCUT2D eigenvalue weighted by atomic mass is 16.2. The van der Waals surface area contributed by atoms with E-state index < -0.39 is 0 Å². The minimum Gasteiger partial charge on any atom is -0.276 e. The maximum atomic E-state index is 13.8. The molecule has 0 aromatic heterocycles. The summed E-state index contributed by atoms with van der Waals surface area (Å²) in [4.78, 5) is 30.9. The molecule has 5 rings (SSSR count). The summed E-state index contributed by atoms with van der Waals surface area (Å²) in [5, 5.41) is 0. The van der Waals surface area contributed by atoms with Gasteiger partial charge in [-0.05, 0) is 48.5 Å². The van der Waals surface area contributed by atoms with Gasteiger partial charge in [0.15, 0.2) is 0 Å². The molecule has 1 aliphatic rings. The van der Waals surface area contributed by atoms with Gasteiger partial charge in [0, 0.05) is 11.4 Å². The number of amides is 2. The maximum absolute atomic E-state index is 13.8. The second kappa shape index (κ2) is 7.33. The Morgan fingerprint density at radius 3 is 1.13 bits per heavy atom. The van der Waals surface area contributed by atoms with Crippen LogP contribution in [-0.4, -0.2) is 11.8 Å². The fourth-order valence-electron chi connectivity index (χ4n) is 3.83. The van der Waals surface area contributed by atoms with Crippen LogP contribution in [0.25, 0.3) is 0 Å². The highest BCUT2D eigenvalue weighted by molar-refractivity contribution is 6.24. The van der Waals surface area contributed by atoms with E-state index in [0.717, 1.165) is 0 Å². The number of hydrogen-bond donors (Lipinski definition) is 0. The molecule has 0 N–H and O–H groups in total. The lowest BCUT2D eigenvalue weighted by Gasteiger charge is -2.33. The van der Waals surface area contributed by atoms with Crippen LogP contribution in [-0.2, 0) is 0 Å². The quantitative estimate of drug-likeness (QED) is 0.424. The van der Waals surface area contributed by atoms with E-state index in [2.05, 4.69) is 0 Å². The van der Waals surface area contributed by atoms with Crippen molar-refractivity contribution >= 4 is 34.6 Å². The van der Waals surface area contributed by atoms with E-state index in [9.17, 15) is 9.59 Å². The van der Waals surface area contributed by atoms with Gasteiger partial charge < -0.3 is 0 Å². The molecule has 1 aliphatic heterocycles. The lowest BCUT2D eigenvalue weighted by atomic mass is 10.0. The van der Waals surface area contributed by atoms with Gasteiger partial charge >= 0.3 is 0 Å². The van der Waals surface area contributed by atoms with E-state index in [-0.39, 0.29) is 11.8 Å². The van der Waals surface area contributed by atoms with Crippen LogP contribution >= 0.6 is 0 Å². The predicted molar refractivity (Wildman–Crippen MR) is 119 cm³/mol. The second-order valence-electron chi connectivity index (χ2n) is 6.99. The maximum Gasteiger partial charge on any atom is 0.264 e. The van der Waals surface area contributed by atoms with Crippen LogP contribution in [0.2, 0.25) is 0 Å². The normalized spacial score (nSPS) is 13.3.